The van der Waals surface area contributed by atoms with Crippen LogP contribution in [0.3, 0.4) is 0 Å². The van der Waals surface area contributed by atoms with Crippen molar-refractivity contribution >= 4 is 60.0 Å². The van der Waals surface area contributed by atoms with Gasteiger partial charge in [0.15, 0.2) is 17.5 Å². The van der Waals surface area contributed by atoms with Gasteiger partial charge in [-0.05, 0) is 84.4 Å². The highest BCUT2D eigenvalue weighted by Crippen LogP contribution is 2.42. The van der Waals surface area contributed by atoms with Gasteiger partial charge in [-0.2, -0.15) is 0 Å². The SMILES string of the molecule is C=C/C(=C\C=C/C)c1nc(-c2ccc(-n3c4ccccc4c4c5c6ccccc6n(-c6ccccc6)c5ccc43)cc2)nc(-c2ccc3ccccc3c2)n1. The van der Waals surface area contributed by atoms with Crippen molar-refractivity contribution in [1.82, 2.24) is 24.1 Å². The average Bonchev–Trinajstić information content (AvgIpc) is 3.77. The lowest BCUT2D eigenvalue weighted by atomic mass is 10.1. The summed E-state index contributed by atoms with van der Waals surface area (Å²) in [6, 6.07) is 55.9. The van der Waals surface area contributed by atoms with Crippen molar-refractivity contribution in [1.29, 1.82) is 0 Å². The summed E-state index contributed by atoms with van der Waals surface area (Å²) in [4.78, 5) is 15.0. The van der Waals surface area contributed by atoms with E-state index in [1.54, 1.807) is 6.08 Å². The molecule has 0 N–H and O–H groups in total. The molecular formula is C50H35N5. The first kappa shape index (κ1) is 32.3. The summed E-state index contributed by atoms with van der Waals surface area (Å²) in [5, 5.41) is 7.26. The lowest BCUT2D eigenvalue weighted by Gasteiger charge is -2.11. The fraction of sp³-hybridized carbons (Fsp3) is 0.0200. The molecule has 0 aliphatic heterocycles. The number of hydrogen-bond donors (Lipinski definition) is 0. The molecule has 10 aromatic rings. The van der Waals surface area contributed by atoms with Crippen molar-refractivity contribution in [2.24, 2.45) is 0 Å². The fourth-order valence-corrected chi connectivity index (χ4v) is 7.94. The van der Waals surface area contributed by atoms with Crippen molar-refractivity contribution < 1.29 is 0 Å². The predicted molar refractivity (Wildman–Crippen MR) is 230 cm³/mol. The lowest BCUT2D eigenvalue weighted by molar-refractivity contribution is 1.04. The maximum absolute atomic E-state index is 5.05. The van der Waals surface area contributed by atoms with Gasteiger partial charge < -0.3 is 9.13 Å². The van der Waals surface area contributed by atoms with E-state index in [1.165, 1.54) is 38.0 Å². The van der Waals surface area contributed by atoms with Crippen LogP contribution in [0.5, 0.6) is 0 Å². The van der Waals surface area contributed by atoms with Gasteiger partial charge >= 0.3 is 0 Å². The fourth-order valence-electron chi connectivity index (χ4n) is 7.94. The Bertz CT molecular complexity index is 3160. The number of aromatic nitrogens is 5. The summed E-state index contributed by atoms with van der Waals surface area (Å²) in [7, 11) is 0. The monoisotopic (exact) mass is 705 g/mol. The van der Waals surface area contributed by atoms with E-state index in [0.29, 0.717) is 17.5 Å². The predicted octanol–water partition coefficient (Wildman–Crippen LogP) is 12.7. The number of benzene rings is 7. The molecule has 0 amide bonds. The molecule has 0 aliphatic carbocycles. The van der Waals surface area contributed by atoms with Crippen LogP contribution in [0.1, 0.15) is 12.7 Å². The molecule has 0 radical (unpaired) electrons. The van der Waals surface area contributed by atoms with E-state index in [-0.39, 0.29) is 0 Å². The van der Waals surface area contributed by atoms with Crippen molar-refractivity contribution in [3.05, 3.63) is 194 Å². The molecule has 3 aromatic heterocycles. The number of hydrogen-bond acceptors (Lipinski definition) is 3. The Hall–Kier alpha value is -7.37. The Balaban J connectivity index is 1.15. The van der Waals surface area contributed by atoms with E-state index in [1.807, 2.05) is 25.2 Å². The van der Waals surface area contributed by atoms with Crippen molar-refractivity contribution in [2.45, 2.75) is 6.92 Å². The summed E-state index contributed by atoms with van der Waals surface area (Å²) >= 11 is 0. The molecule has 0 unspecified atom stereocenters. The minimum atomic E-state index is 0.575. The zero-order valence-corrected chi connectivity index (χ0v) is 30.3. The van der Waals surface area contributed by atoms with Crippen molar-refractivity contribution in [3.63, 3.8) is 0 Å². The second-order valence-corrected chi connectivity index (χ2v) is 13.7. The van der Waals surface area contributed by atoms with Gasteiger partial charge in [0.25, 0.3) is 0 Å². The third-order valence-electron chi connectivity index (χ3n) is 10.5. The van der Waals surface area contributed by atoms with Gasteiger partial charge in [-0.3, -0.25) is 0 Å². The molecule has 0 spiro atoms. The van der Waals surface area contributed by atoms with E-state index in [0.717, 1.165) is 44.5 Å². The maximum atomic E-state index is 5.05. The number of nitrogens with zero attached hydrogens (tertiary/aromatic N) is 5. The van der Waals surface area contributed by atoms with Crippen LogP contribution in [-0.4, -0.2) is 24.1 Å². The minimum Gasteiger partial charge on any atom is -0.309 e. The molecule has 7 aromatic carbocycles. The Kier molecular flexibility index (Phi) is 7.77. The molecule has 3 heterocycles. The molecule has 0 atom stereocenters. The molecular weight excluding hydrogens is 671 g/mol. The topological polar surface area (TPSA) is 48.5 Å². The lowest BCUT2D eigenvalue weighted by Crippen LogP contribution is -2.02. The van der Waals surface area contributed by atoms with Crippen LogP contribution in [0.2, 0.25) is 0 Å². The Morgan fingerprint density at radius 1 is 0.509 bits per heavy atom. The molecule has 0 bridgehead atoms. The maximum Gasteiger partial charge on any atom is 0.164 e. The first-order chi connectivity index (χ1) is 27.2. The third-order valence-corrected chi connectivity index (χ3v) is 10.5. The quantitative estimate of drug-likeness (QED) is 0.155. The Morgan fingerprint density at radius 2 is 1.05 bits per heavy atom. The van der Waals surface area contributed by atoms with E-state index in [9.17, 15) is 0 Å². The van der Waals surface area contributed by atoms with E-state index in [2.05, 4.69) is 173 Å². The van der Waals surface area contributed by atoms with Crippen LogP contribution in [0.4, 0.5) is 0 Å². The standard InChI is InChI=1S/C50H35N5/c1-3-5-15-33(4-2)48-51-49(53-50(52-48)37-25-24-34-16-9-10-17-36(34)32-37)35-26-28-39(29-27-35)55-43-23-14-12-21-41(43)47-45(55)31-30-44-46(47)40-20-11-13-22-42(40)54(44)38-18-7-6-8-19-38/h3-32H,2H2,1H3/b5-3-,33-15+. The highest BCUT2D eigenvalue weighted by Gasteiger charge is 2.21. The smallest absolute Gasteiger partial charge is 0.164 e. The molecule has 10 rings (SSSR count). The molecule has 260 valence electrons. The van der Waals surface area contributed by atoms with Crippen LogP contribution < -0.4 is 0 Å². The highest BCUT2D eigenvalue weighted by atomic mass is 15.0. The van der Waals surface area contributed by atoms with Crippen LogP contribution in [-0.2, 0) is 0 Å². The molecule has 5 heteroatoms. The van der Waals surface area contributed by atoms with Gasteiger partial charge in [-0.25, -0.2) is 15.0 Å². The second kappa shape index (κ2) is 13.2. The largest absolute Gasteiger partial charge is 0.309 e. The average molecular weight is 706 g/mol. The van der Waals surface area contributed by atoms with Gasteiger partial charge in [0.1, 0.15) is 0 Å². The highest BCUT2D eigenvalue weighted by molar-refractivity contribution is 6.28. The number of allylic oxidation sites excluding steroid dienone is 5. The summed E-state index contributed by atoms with van der Waals surface area (Å²) in [6.07, 6.45) is 7.73. The van der Waals surface area contributed by atoms with Crippen LogP contribution in [0, 0.1) is 0 Å². The van der Waals surface area contributed by atoms with E-state index >= 15 is 0 Å². The third kappa shape index (κ3) is 5.36. The van der Waals surface area contributed by atoms with Gasteiger partial charge in [0, 0.05) is 49.6 Å². The number of para-hydroxylation sites is 3. The first-order valence-corrected chi connectivity index (χ1v) is 18.5. The van der Waals surface area contributed by atoms with Gasteiger partial charge in [0.05, 0.1) is 22.1 Å². The van der Waals surface area contributed by atoms with Crippen LogP contribution >= 0.6 is 0 Å². The Labute approximate surface area is 318 Å². The normalized spacial score (nSPS) is 12.2. The molecule has 0 saturated carbocycles. The van der Waals surface area contributed by atoms with Crippen LogP contribution in [0.15, 0.2) is 189 Å². The first-order valence-electron chi connectivity index (χ1n) is 18.5. The summed E-state index contributed by atoms with van der Waals surface area (Å²) < 4.78 is 4.75. The second-order valence-electron chi connectivity index (χ2n) is 13.7. The van der Waals surface area contributed by atoms with Gasteiger partial charge in [0.2, 0.25) is 0 Å². The van der Waals surface area contributed by atoms with Crippen molar-refractivity contribution in [3.8, 4) is 34.2 Å². The van der Waals surface area contributed by atoms with Gasteiger partial charge in [-0.1, -0.05) is 122 Å². The summed E-state index contributed by atoms with van der Waals surface area (Å²) in [5.74, 6) is 1.79. The van der Waals surface area contributed by atoms with E-state index in [4.69, 9.17) is 15.0 Å². The minimum absolute atomic E-state index is 0.575. The van der Waals surface area contributed by atoms with Gasteiger partial charge in [-0.15, -0.1) is 0 Å². The van der Waals surface area contributed by atoms with E-state index < -0.39 is 0 Å². The van der Waals surface area contributed by atoms with Crippen LogP contribution in [0.25, 0.3) is 94.1 Å². The number of rotatable bonds is 7. The molecule has 0 aliphatic rings. The molecule has 0 saturated heterocycles. The zero-order valence-electron chi connectivity index (χ0n) is 30.3. The van der Waals surface area contributed by atoms with Crippen molar-refractivity contribution in [2.75, 3.05) is 0 Å². The molecule has 0 fully saturated rings. The Morgan fingerprint density at radius 3 is 1.69 bits per heavy atom. The molecule has 55 heavy (non-hydrogen) atoms. The molecule has 5 nitrogen and oxygen atoms in total. The number of fused-ring (bicyclic) bond motifs is 8. The summed E-state index contributed by atoms with van der Waals surface area (Å²) in [6.45, 7) is 6.06. The summed E-state index contributed by atoms with van der Waals surface area (Å²) in [5.41, 5.74) is 9.55. The zero-order chi connectivity index (χ0) is 36.9.